The largest absolute Gasteiger partial charge is 0.330 e. The van der Waals surface area contributed by atoms with Gasteiger partial charge in [0.2, 0.25) is 0 Å². The van der Waals surface area contributed by atoms with Gasteiger partial charge in [-0.2, -0.15) is 0 Å². The molecule has 1 aromatic heterocycles. The van der Waals surface area contributed by atoms with Crippen molar-refractivity contribution >= 4 is 45.8 Å². The quantitative estimate of drug-likeness (QED) is 0.497. The van der Waals surface area contributed by atoms with Gasteiger partial charge in [0.25, 0.3) is 0 Å². The smallest absolute Gasteiger partial charge is 0.182 e. The summed E-state index contributed by atoms with van der Waals surface area (Å²) in [6.45, 7) is 0. The lowest BCUT2D eigenvalue weighted by Gasteiger charge is -2.05. The summed E-state index contributed by atoms with van der Waals surface area (Å²) in [5.41, 5.74) is 2.26. The Labute approximate surface area is 122 Å². The highest BCUT2D eigenvalue weighted by Gasteiger charge is 2.09. The molecule has 0 unspecified atom stereocenters. The molecular formula is C13H8FIN2S. The van der Waals surface area contributed by atoms with E-state index in [2.05, 4.69) is 27.6 Å². The van der Waals surface area contributed by atoms with Gasteiger partial charge >= 0.3 is 0 Å². The molecule has 0 aliphatic rings. The van der Waals surface area contributed by atoms with Gasteiger partial charge in [0.05, 0.1) is 16.7 Å². The summed E-state index contributed by atoms with van der Waals surface area (Å²) in [6.07, 6.45) is 0. The fourth-order valence-electron chi connectivity index (χ4n) is 1.96. The highest BCUT2D eigenvalue weighted by Crippen LogP contribution is 2.22. The molecule has 1 N–H and O–H groups in total. The number of aromatic nitrogens is 2. The molecule has 2 aromatic carbocycles. The van der Waals surface area contributed by atoms with Gasteiger partial charge in [-0.05, 0) is 65.1 Å². The third-order valence-corrected chi connectivity index (χ3v) is 3.69. The number of nitrogens with zero attached hydrogens (tertiary/aromatic N) is 1. The number of hydrogen-bond donors (Lipinski definition) is 1. The van der Waals surface area contributed by atoms with E-state index >= 15 is 0 Å². The molecule has 5 heteroatoms. The lowest BCUT2D eigenvalue weighted by molar-refractivity contribution is 0.619. The predicted octanol–water partition coefficient (Wildman–Crippen LogP) is 4.43. The molecule has 2 nitrogen and oxygen atoms in total. The molecule has 3 rings (SSSR count). The first-order chi connectivity index (χ1) is 8.66. The second kappa shape index (κ2) is 4.47. The number of aromatic amines is 1. The van der Waals surface area contributed by atoms with Crippen LogP contribution in [0.4, 0.5) is 4.39 Å². The highest BCUT2D eigenvalue weighted by molar-refractivity contribution is 14.1. The lowest BCUT2D eigenvalue weighted by Crippen LogP contribution is -1.97. The molecule has 3 aromatic rings. The molecule has 18 heavy (non-hydrogen) atoms. The number of halogens is 2. The Morgan fingerprint density at radius 2 is 1.94 bits per heavy atom. The minimum Gasteiger partial charge on any atom is -0.330 e. The summed E-state index contributed by atoms with van der Waals surface area (Å²) in [4.78, 5) is 3.10. The molecule has 0 atom stereocenters. The van der Waals surface area contributed by atoms with Gasteiger partial charge in [-0.15, -0.1) is 0 Å². The summed E-state index contributed by atoms with van der Waals surface area (Å²) in [5, 5.41) is 0. The molecule has 0 saturated heterocycles. The summed E-state index contributed by atoms with van der Waals surface area (Å²) < 4.78 is 17.2. The first kappa shape index (κ1) is 11.9. The van der Waals surface area contributed by atoms with Crippen LogP contribution in [0.5, 0.6) is 0 Å². The first-order valence-corrected chi connectivity index (χ1v) is 6.81. The van der Waals surface area contributed by atoms with E-state index in [0.717, 1.165) is 14.6 Å². The van der Waals surface area contributed by atoms with Crippen LogP contribution in [0.25, 0.3) is 16.7 Å². The number of nitrogens with one attached hydrogen (secondary N) is 1. The van der Waals surface area contributed by atoms with E-state index < -0.39 is 0 Å². The molecule has 0 aliphatic heterocycles. The van der Waals surface area contributed by atoms with E-state index in [1.807, 2.05) is 18.2 Å². The fraction of sp³-hybridized carbons (Fsp3) is 0. The van der Waals surface area contributed by atoms with Crippen LogP contribution in [0, 0.1) is 14.2 Å². The maximum Gasteiger partial charge on any atom is 0.182 e. The topological polar surface area (TPSA) is 20.7 Å². The van der Waals surface area contributed by atoms with Gasteiger partial charge in [-0.25, -0.2) is 4.39 Å². The van der Waals surface area contributed by atoms with Gasteiger partial charge in [0.1, 0.15) is 5.82 Å². The Balaban J connectivity index is 2.40. The Hall–Kier alpha value is -1.21. The average Bonchev–Trinajstić information content (AvgIpc) is 2.65. The van der Waals surface area contributed by atoms with Crippen LogP contribution in [0.15, 0.2) is 42.5 Å². The van der Waals surface area contributed by atoms with Crippen LogP contribution in [-0.2, 0) is 0 Å². The SMILES string of the molecule is Fc1ccccc1-n1c(=S)[nH]c2cc(I)ccc21. The van der Waals surface area contributed by atoms with Gasteiger partial charge < -0.3 is 4.98 Å². The average molecular weight is 370 g/mol. The fourth-order valence-corrected chi connectivity index (χ4v) is 2.75. The maximum atomic E-state index is 13.9. The van der Waals surface area contributed by atoms with Gasteiger partial charge in [-0.3, -0.25) is 4.57 Å². The van der Waals surface area contributed by atoms with Crippen molar-refractivity contribution in [2.75, 3.05) is 0 Å². The molecule has 0 spiro atoms. The predicted molar refractivity (Wildman–Crippen MR) is 81.1 cm³/mol. The number of para-hydroxylation sites is 1. The van der Waals surface area contributed by atoms with E-state index in [0.29, 0.717) is 10.5 Å². The standard InChI is InChI=1S/C13H8FIN2S/c14-9-3-1-2-4-11(9)17-12-6-5-8(15)7-10(12)16-13(17)18/h1-7H,(H,16,18). The van der Waals surface area contributed by atoms with Crippen molar-refractivity contribution in [2.24, 2.45) is 0 Å². The number of benzene rings is 2. The zero-order valence-electron chi connectivity index (χ0n) is 9.15. The Kier molecular flexibility index (Phi) is 2.95. The molecule has 0 amide bonds. The second-order valence-corrected chi connectivity index (χ2v) is 5.51. The van der Waals surface area contributed by atoms with E-state index in [9.17, 15) is 4.39 Å². The van der Waals surface area contributed by atoms with E-state index in [1.165, 1.54) is 6.07 Å². The van der Waals surface area contributed by atoms with Crippen molar-refractivity contribution in [1.82, 2.24) is 9.55 Å². The van der Waals surface area contributed by atoms with Crippen molar-refractivity contribution in [1.29, 1.82) is 0 Å². The van der Waals surface area contributed by atoms with Crippen LogP contribution in [0.2, 0.25) is 0 Å². The number of H-pyrrole nitrogens is 1. The van der Waals surface area contributed by atoms with Crippen LogP contribution in [0.1, 0.15) is 0 Å². The van der Waals surface area contributed by atoms with Crippen molar-refractivity contribution < 1.29 is 4.39 Å². The minimum atomic E-state index is -0.284. The monoisotopic (exact) mass is 370 g/mol. The van der Waals surface area contributed by atoms with Crippen LogP contribution in [0.3, 0.4) is 0 Å². The molecule has 0 bridgehead atoms. The Bertz CT molecular complexity index is 791. The minimum absolute atomic E-state index is 0.284. The number of rotatable bonds is 1. The zero-order valence-corrected chi connectivity index (χ0v) is 12.1. The van der Waals surface area contributed by atoms with E-state index in [-0.39, 0.29) is 5.82 Å². The van der Waals surface area contributed by atoms with E-state index in [1.54, 1.807) is 22.8 Å². The number of fused-ring (bicyclic) bond motifs is 1. The Morgan fingerprint density at radius 3 is 2.72 bits per heavy atom. The van der Waals surface area contributed by atoms with Crippen LogP contribution in [-0.4, -0.2) is 9.55 Å². The summed E-state index contributed by atoms with van der Waals surface area (Å²) in [6, 6.07) is 12.5. The molecule has 0 aliphatic carbocycles. The normalized spacial score (nSPS) is 11.0. The lowest BCUT2D eigenvalue weighted by atomic mass is 10.2. The molecular weight excluding hydrogens is 362 g/mol. The van der Waals surface area contributed by atoms with Crippen molar-refractivity contribution in [3.8, 4) is 5.69 Å². The van der Waals surface area contributed by atoms with Crippen molar-refractivity contribution in [3.63, 3.8) is 0 Å². The molecule has 0 fully saturated rings. The molecule has 0 saturated carbocycles. The van der Waals surface area contributed by atoms with Gasteiger partial charge in [0.15, 0.2) is 4.77 Å². The van der Waals surface area contributed by atoms with E-state index in [4.69, 9.17) is 12.2 Å². The summed E-state index contributed by atoms with van der Waals surface area (Å²) >= 11 is 7.51. The highest BCUT2D eigenvalue weighted by atomic mass is 127. The first-order valence-electron chi connectivity index (χ1n) is 5.32. The molecule has 1 heterocycles. The summed E-state index contributed by atoms with van der Waals surface area (Å²) in [7, 11) is 0. The maximum absolute atomic E-state index is 13.9. The second-order valence-electron chi connectivity index (χ2n) is 3.88. The summed E-state index contributed by atoms with van der Waals surface area (Å²) in [5.74, 6) is -0.284. The van der Waals surface area contributed by atoms with Gasteiger partial charge in [-0.1, -0.05) is 12.1 Å². The van der Waals surface area contributed by atoms with Gasteiger partial charge in [0, 0.05) is 3.57 Å². The molecule has 0 radical (unpaired) electrons. The van der Waals surface area contributed by atoms with Crippen LogP contribution >= 0.6 is 34.8 Å². The van der Waals surface area contributed by atoms with Crippen molar-refractivity contribution in [2.45, 2.75) is 0 Å². The molecule has 90 valence electrons. The number of hydrogen-bond acceptors (Lipinski definition) is 1. The zero-order chi connectivity index (χ0) is 12.7. The third kappa shape index (κ3) is 1.87. The Morgan fingerprint density at radius 1 is 1.17 bits per heavy atom. The van der Waals surface area contributed by atoms with Crippen molar-refractivity contribution in [3.05, 3.63) is 56.6 Å². The van der Waals surface area contributed by atoms with Crippen LogP contribution < -0.4 is 0 Å². The number of imidazole rings is 1. The third-order valence-electron chi connectivity index (χ3n) is 2.74.